The van der Waals surface area contributed by atoms with Crippen LogP contribution in [0.15, 0.2) is 298 Å². The Balaban J connectivity index is 0.931. The molecule has 0 atom stereocenters. The normalized spacial score (nSPS) is 11.5. The predicted octanol–water partition coefficient (Wildman–Crippen LogP) is 21.2. The summed E-state index contributed by atoms with van der Waals surface area (Å²) in [5, 5.41) is 25.9. The molecule has 6 aromatic heterocycles. The number of pyridine rings is 4. The van der Waals surface area contributed by atoms with E-state index in [1.165, 1.54) is 12.1 Å². The Kier molecular flexibility index (Phi) is 13.9. The molecule has 0 fully saturated rings. The highest BCUT2D eigenvalue weighted by molar-refractivity contribution is 6.14. The molecule has 16 rings (SSSR count). The summed E-state index contributed by atoms with van der Waals surface area (Å²) >= 11 is 0. The number of benzene rings is 10. The topological polar surface area (TPSA) is 109 Å². The van der Waals surface area contributed by atoms with Crippen molar-refractivity contribution >= 4 is 43.6 Å². The molecular formula is C83H49F3N8. The van der Waals surface area contributed by atoms with Crippen molar-refractivity contribution in [1.82, 2.24) is 29.1 Å². The van der Waals surface area contributed by atoms with Crippen LogP contribution in [0.4, 0.5) is 13.2 Å². The lowest BCUT2D eigenvalue weighted by Crippen LogP contribution is -2.11. The first-order valence-corrected chi connectivity index (χ1v) is 30.6. The summed E-state index contributed by atoms with van der Waals surface area (Å²) in [6, 6.07) is 91.9. The van der Waals surface area contributed by atoms with Crippen LogP contribution >= 0.6 is 0 Å². The maximum Gasteiger partial charge on any atom is 0.417 e. The molecule has 8 nitrogen and oxygen atoms in total. The molecule has 0 aliphatic heterocycles. The van der Waals surface area contributed by atoms with E-state index in [4.69, 9.17) is 19.9 Å². The Labute approximate surface area is 538 Å². The lowest BCUT2D eigenvalue weighted by Gasteiger charge is -2.22. The van der Waals surface area contributed by atoms with Gasteiger partial charge in [-0.15, -0.1) is 0 Å². The number of alkyl halides is 3. The minimum Gasteiger partial charge on any atom is -0.309 e. The maximum atomic E-state index is 16.0. The van der Waals surface area contributed by atoms with Gasteiger partial charge in [0.25, 0.3) is 0 Å². The number of nitriles is 2. The van der Waals surface area contributed by atoms with Crippen molar-refractivity contribution in [1.29, 1.82) is 10.5 Å². The Morgan fingerprint density at radius 3 is 0.904 bits per heavy atom. The summed E-state index contributed by atoms with van der Waals surface area (Å²) < 4.78 is 51.9. The van der Waals surface area contributed by atoms with Crippen molar-refractivity contribution in [2.75, 3.05) is 0 Å². The second kappa shape index (κ2) is 23.2. The molecule has 0 aliphatic carbocycles. The third kappa shape index (κ3) is 10.1. The molecule has 442 valence electrons. The Hall–Kier alpha value is -12.8. The smallest absolute Gasteiger partial charge is 0.309 e. The van der Waals surface area contributed by atoms with Crippen molar-refractivity contribution in [2.45, 2.75) is 6.18 Å². The van der Waals surface area contributed by atoms with Crippen LogP contribution in [0, 0.1) is 22.7 Å². The van der Waals surface area contributed by atoms with Gasteiger partial charge in [0, 0.05) is 102 Å². The lowest BCUT2D eigenvalue weighted by molar-refractivity contribution is -0.137. The van der Waals surface area contributed by atoms with Crippen LogP contribution in [0.25, 0.3) is 156 Å². The molecule has 11 heteroatoms. The van der Waals surface area contributed by atoms with Gasteiger partial charge in [-0.05, 0) is 119 Å². The van der Waals surface area contributed by atoms with Crippen molar-refractivity contribution in [3.8, 4) is 124 Å². The molecule has 0 bridgehead atoms. The minimum absolute atomic E-state index is 0.0873. The second-order valence-electron chi connectivity index (χ2n) is 23.1. The van der Waals surface area contributed by atoms with Crippen molar-refractivity contribution in [3.63, 3.8) is 0 Å². The highest BCUT2D eigenvalue weighted by Crippen LogP contribution is 2.47. The van der Waals surface area contributed by atoms with Crippen LogP contribution in [0.2, 0.25) is 0 Å². The minimum atomic E-state index is -4.91. The van der Waals surface area contributed by atoms with Crippen LogP contribution in [0.5, 0.6) is 0 Å². The van der Waals surface area contributed by atoms with Crippen molar-refractivity contribution in [2.24, 2.45) is 0 Å². The molecular weight excluding hydrogens is 1170 g/mol. The highest BCUT2D eigenvalue weighted by atomic mass is 19.4. The van der Waals surface area contributed by atoms with Crippen LogP contribution in [-0.2, 0) is 6.18 Å². The second-order valence-corrected chi connectivity index (χ2v) is 23.1. The molecule has 94 heavy (non-hydrogen) atoms. The van der Waals surface area contributed by atoms with Crippen LogP contribution < -0.4 is 0 Å². The molecule has 0 N–H and O–H groups in total. The fourth-order valence-electron chi connectivity index (χ4n) is 13.1. The van der Waals surface area contributed by atoms with Crippen LogP contribution in [-0.4, -0.2) is 29.1 Å². The van der Waals surface area contributed by atoms with E-state index < -0.39 is 11.7 Å². The summed E-state index contributed by atoms with van der Waals surface area (Å²) in [6.07, 6.45) is 2.50. The maximum absolute atomic E-state index is 16.0. The quantitative estimate of drug-likeness (QED) is 0.128. The molecule has 0 unspecified atom stereocenters. The third-order valence-electron chi connectivity index (χ3n) is 17.7. The fourth-order valence-corrected chi connectivity index (χ4v) is 13.1. The molecule has 0 saturated heterocycles. The first-order chi connectivity index (χ1) is 46.1. The van der Waals surface area contributed by atoms with Gasteiger partial charge in [0.2, 0.25) is 0 Å². The molecule has 0 amide bonds. The molecule has 0 aliphatic rings. The summed E-state index contributed by atoms with van der Waals surface area (Å²) in [5.74, 6) is 0. The average molecular weight is 1220 g/mol. The number of nitrogens with zero attached hydrogens (tertiary/aromatic N) is 8. The Bertz CT molecular complexity index is 5400. The molecule has 10 aromatic carbocycles. The number of fused-ring (bicyclic) bond motifs is 6. The number of hydrogen-bond donors (Lipinski definition) is 0. The van der Waals surface area contributed by atoms with E-state index in [0.29, 0.717) is 27.8 Å². The monoisotopic (exact) mass is 1210 g/mol. The number of aromatic nitrogens is 6. The van der Waals surface area contributed by atoms with E-state index in [1.54, 1.807) is 12.1 Å². The van der Waals surface area contributed by atoms with Gasteiger partial charge in [-0.3, -0.25) is 19.9 Å². The van der Waals surface area contributed by atoms with Gasteiger partial charge in [0.05, 0.1) is 79.0 Å². The zero-order valence-corrected chi connectivity index (χ0v) is 50.0. The van der Waals surface area contributed by atoms with E-state index in [0.717, 1.165) is 117 Å². The van der Waals surface area contributed by atoms with Gasteiger partial charge in [-0.1, -0.05) is 176 Å². The summed E-state index contributed by atoms with van der Waals surface area (Å²) in [6.45, 7) is 0. The molecule has 6 heterocycles. The van der Waals surface area contributed by atoms with E-state index in [-0.39, 0.29) is 27.9 Å². The SMILES string of the molecule is N#Cc1cc(-n2c3ccc(-c4ccc(-c5ccccc5)nc4)cc3c3cc(-c4ccc(-c5ccccc5)nc4)ccc32)c(-c2c(C#N)cccc2C(F)(F)F)cc1-n1c2ccc(-c3ccc(-c4ccccc4)nc3)cc2c2cc(-c3ccc(-c4ccccc4)nc3)ccc21. The molecule has 16 aromatic rings. The average Bonchev–Trinajstić information content (AvgIpc) is 1.39. The zero-order valence-electron chi connectivity index (χ0n) is 50.0. The zero-order chi connectivity index (χ0) is 63.4. The lowest BCUT2D eigenvalue weighted by atomic mass is 9.91. The van der Waals surface area contributed by atoms with Gasteiger partial charge in [0.15, 0.2) is 0 Å². The predicted molar refractivity (Wildman–Crippen MR) is 370 cm³/mol. The molecule has 0 spiro atoms. The standard InChI is InChI=1S/C83H49F3N8/c84-83(85,86)71-23-13-22-60(46-87)82(71)70-45-80(93-76-36-28-56(61-24-32-72(89-48-61)52-14-5-1-6-15-52)40-66(76)67-41-57(29-37-77(67)93)62-25-33-73(90-49-62)53-16-7-2-8-17-53)65(47-88)44-81(70)94-78-38-30-58(63-26-34-74(91-50-63)54-18-9-3-10-19-54)42-68(78)69-43-59(31-39-79(69)94)64-27-35-75(92-51-64)55-20-11-4-12-21-55/h1-45,48-51H. The largest absolute Gasteiger partial charge is 0.417 e. The molecule has 0 saturated carbocycles. The Morgan fingerprint density at radius 2 is 0.606 bits per heavy atom. The van der Waals surface area contributed by atoms with Gasteiger partial charge in [-0.2, -0.15) is 23.7 Å². The summed E-state index contributed by atoms with van der Waals surface area (Å²) in [7, 11) is 0. The highest BCUT2D eigenvalue weighted by Gasteiger charge is 2.36. The first-order valence-electron chi connectivity index (χ1n) is 30.6. The van der Waals surface area contributed by atoms with Crippen LogP contribution in [0.1, 0.15) is 16.7 Å². The van der Waals surface area contributed by atoms with Gasteiger partial charge in [0.1, 0.15) is 6.07 Å². The van der Waals surface area contributed by atoms with Gasteiger partial charge < -0.3 is 9.13 Å². The van der Waals surface area contributed by atoms with E-state index in [9.17, 15) is 10.5 Å². The summed E-state index contributed by atoms with van der Waals surface area (Å²) in [5.41, 5.74) is 16.2. The van der Waals surface area contributed by atoms with Crippen LogP contribution in [0.3, 0.4) is 0 Å². The van der Waals surface area contributed by atoms with Crippen molar-refractivity contribution in [3.05, 3.63) is 314 Å². The van der Waals surface area contributed by atoms with E-state index in [1.807, 2.05) is 252 Å². The first kappa shape index (κ1) is 56.4. The van der Waals surface area contributed by atoms with Crippen molar-refractivity contribution < 1.29 is 13.2 Å². The molecule has 0 radical (unpaired) electrons. The summed E-state index contributed by atoms with van der Waals surface area (Å²) in [4.78, 5) is 19.5. The van der Waals surface area contributed by atoms with E-state index >= 15 is 13.2 Å². The van der Waals surface area contributed by atoms with Gasteiger partial charge >= 0.3 is 6.18 Å². The van der Waals surface area contributed by atoms with Gasteiger partial charge in [-0.25, -0.2) is 0 Å². The number of hydrogen-bond acceptors (Lipinski definition) is 6. The Morgan fingerprint density at radius 1 is 0.287 bits per heavy atom. The van der Waals surface area contributed by atoms with E-state index in [2.05, 4.69) is 36.4 Å². The number of halogens is 3. The third-order valence-corrected chi connectivity index (χ3v) is 17.7. The fraction of sp³-hybridized carbons (Fsp3) is 0.0120. The number of rotatable bonds is 11.